The highest BCUT2D eigenvalue weighted by molar-refractivity contribution is 5.78. The van der Waals surface area contributed by atoms with Crippen molar-refractivity contribution in [3.8, 4) is 5.75 Å². The van der Waals surface area contributed by atoms with Gasteiger partial charge in [-0.3, -0.25) is 14.7 Å². The molecule has 2 atom stereocenters. The first-order valence-corrected chi connectivity index (χ1v) is 8.97. The third-order valence-electron chi connectivity index (χ3n) is 4.32. The van der Waals surface area contributed by atoms with E-state index in [0.717, 1.165) is 5.56 Å². The molecule has 1 fully saturated rings. The summed E-state index contributed by atoms with van der Waals surface area (Å²) < 4.78 is 24.7. The van der Waals surface area contributed by atoms with Crippen molar-refractivity contribution in [2.75, 3.05) is 26.8 Å². The number of pyridine rings is 1. The van der Waals surface area contributed by atoms with Crippen LogP contribution in [0.2, 0.25) is 0 Å². The molecule has 1 aliphatic heterocycles. The zero-order valence-corrected chi connectivity index (χ0v) is 15.3. The van der Waals surface area contributed by atoms with Crippen LogP contribution in [0.25, 0.3) is 0 Å². The lowest BCUT2D eigenvalue weighted by atomic mass is 10.1. The minimum atomic E-state index is -0.359. The number of carbonyl (C=O) groups is 1. The fraction of sp³-hybridized carbons (Fsp3) is 0.400. The molecule has 6 nitrogen and oxygen atoms in total. The van der Waals surface area contributed by atoms with Gasteiger partial charge in [0.1, 0.15) is 17.7 Å². The van der Waals surface area contributed by atoms with Gasteiger partial charge < -0.3 is 14.8 Å². The Morgan fingerprint density at radius 3 is 3.07 bits per heavy atom. The Kier molecular flexibility index (Phi) is 6.73. The number of rotatable bonds is 7. The second-order valence-corrected chi connectivity index (χ2v) is 6.68. The van der Waals surface area contributed by atoms with Crippen LogP contribution >= 0.6 is 0 Å². The fourth-order valence-electron chi connectivity index (χ4n) is 3.07. The monoisotopic (exact) mass is 373 g/mol. The Morgan fingerprint density at radius 1 is 1.41 bits per heavy atom. The van der Waals surface area contributed by atoms with Gasteiger partial charge in [0.2, 0.25) is 5.91 Å². The first kappa shape index (κ1) is 19.3. The van der Waals surface area contributed by atoms with Gasteiger partial charge in [-0.2, -0.15) is 0 Å². The van der Waals surface area contributed by atoms with E-state index in [9.17, 15) is 9.18 Å². The van der Waals surface area contributed by atoms with Gasteiger partial charge in [-0.15, -0.1) is 0 Å². The van der Waals surface area contributed by atoms with E-state index in [1.54, 1.807) is 24.5 Å². The summed E-state index contributed by atoms with van der Waals surface area (Å²) in [5, 5.41) is 3.03. The molecule has 0 bridgehead atoms. The zero-order valence-electron chi connectivity index (χ0n) is 15.3. The van der Waals surface area contributed by atoms with Crippen LogP contribution in [0.5, 0.6) is 5.75 Å². The number of aromatic nitrogens is 1. The van der Waals surface area contributed by atoms with Gasteiger partial charge in [0, 0.05) is 31.6 Å². The van der Waals surface area contributed by atoms with Crippen molar-refractivity contribution >= 4 is 5.91 Å². The highest BCUT2D eigenvalue weighted by Crippen LogP contribution is 2.18. The Balaban J connectivity index is 1.53. The molecule has 144 valence electrons. The molecular formula is C20H24FN3O3. The van der Waals surface area contributed by atoms with Crippen molar-refractivity contribution < 1.29 is 18.7 Å². The predicted molar refractivity (Wildman–Crippen MR) is 98.8 cm³/mol. The number of nitrogens with zero attached hydrogens (tertiary/aromatic N) is 2. The molecule has 2 unspecified atom stereocenters. The number of ether oxygens (including phenoxy) is 2. The van der Waals surface area contributed by atoms with Crippen molar-refractivity contribution in [2.45, 2.75) is 25.1 Å². The molecule has 2 heterocycles. The summed E-state index contributed by atoms with van der Waals surface area (Å²) in [6, 6.07) is 9.65. The maximum atomic E-state index is 13.4. The van der Waals surface area contributed by atoms with Crippen molar-refractivity contribution in [3.63, 3.8) is 0 Å². The van der Waals surface area contributed by atoms with Crippen molar-refractivity contribution in [2.24, 2.45) is 0 Å². The number of carbonyl (C=O) groups excluding carboxylic acids is 1. The summed E-state index contributed by atoms with van der Waals surface area (Å²) in [5.74, 6) is -0.0126. The number of amides is 1. The third kappa shape index (κ3) is 6.01. The van der Waals surface area contributed by atoms with Crippen LogP contribution in [0.4, 0.5) is 4.39 Å². The van der Waals surface area contributed by atoms with Gasteiger partial charge in [-0.05, 0) is 37.2 Å². The summed E-state index contributed by atoms with van der Waals surface area (Å²) in [6.07, 6.45) is 3.81. The molecule has 1 aromatic heterocycles. The average molecular weight is 373 g/mol. The molecule has 0 aliphatic carbocycles. The summed E-state index contributed by atoms with van der Waals surface area (Å²) in [4.78, 5) is 18.4. The molecule has 3 rings (SSSR count). The van der Waals surface area contributed by atoms with Crippen LogP contribution < -0.4 is 10.1 Å². The van der Waals surface area contributed by atoms with E-state index in [4.69, 9.17) is 9.47 Å². The largest absolute Gasteiger partial charge is 0.486 e. The summed E-state index contributed by atoms with van der Waals surface area (Å²) >= 11 is 0. The van der Waals surface area contributed by atoms with Crippen LogP contribution in [0, 0.1) is 5.82 Å². The number of benzene rings is 1. The minimum Gasteiger partial charge on any atom is -0.486 e. The first-order chi connectivity index (χ1) is 13.1. The lowest BCUT2D eigenvalue weighted by Crippen LogP contribution is -2.53. The first-order valence-electron chi connectivity index (χ1n) is 8.97. The molecule has 0 saturated carbocycles. The maximum Gasteiger partial charge on any atom is 0.234 e. The minimum absolute atomic E-state index is 0.0823. The molecule has 1 saturated heterocycles. The Labute approximate surface area is 158 Å². The summed E-state index contributed by atoms with van der Waals surface area (Å²) in [5.41, 5.74) is 1.05. The Hall–Kier alpha value is -2.51. The molecule has 1 aromatic carbocycles. The van der Waals surface area contributed by atoms with Crippen LogP contribution in [0.3, 0.4) is 0 Å². The fourth-order valence-corrected chi connectivity index (χ4v) is 3.07. The lowest BCUT2D eigenvalue weighted by molar-refractivity contribution is -0.124. The van der Waals surface area contributed by atoms with E-state index >= 15 is 0 Å². The number of likely N-dealkylation sites (N-methyl/N-ethyl adjacent to an activating group) is 1. The van der Waals surface area contributed by atoms with Gasteiger partial charge in [-0.1, -0.05) is 12.1 Å². The number of nitrogens with one attached hydrogen (secondary N) is 1. The smallest absolute Gasteiger partial charge is 0.234 e. The van der Waals surface area contributed by atoms with Gasteiger partial charge in [-0.25, -0.2) is 4.39 Å². The summed E-state index contributed by atoms with van der Waals surface area (Å²) in [6.45, 7) is 1.81. The second-order valence-electron chi connectivity index (χ2n) is 6.68. The van der Waals surface area contributed by atoms with Crippen molar-refractivity contribution in [3.05, 3.63) is 60.2 Å². The van der Waals surface area contributed by atoms with E-state index in [1.807, 2.05) is 24.1 Å². The van der Waals surface area contributed by atoms with E-state index in [0.29, 0.717) is 31.9 Å². The molecule has 1 amide bonds. The number of hydrogen-bond donors (Lipinski definition) is 1. The van der Waals surface area contributed by atoms with E-state index < -0.39 is 0 Å². The topological polar surface area (TPSA) is 63.7 Å². The van der Waals surface area contributed by atoms with Gasteiger partial charge in [0.25, 0.3) is 0 Å². The lowest BCUT2D eigenvalue weighted by Gasteiger charge is -2.32. The molecule has 0 radical (unpaired) electrons. The molecule has 7 heteroatoms. The van der Waals surface area contributed by atoms with Crippen LogP contribution in [0.1, 0.15) is 12.0 Å². The third-order valence-corrected chi connectivity index (χ3v) is 4.32. The van der Waals surface area contributed by atoms with Crippen LogP contribution in [0.15, 0.2) is 48.8 Å². The zero-order chi connectivity index (χ0) is 19.1. The standard InChI is InChI=1S/C20H24FN3O3/c1-24(12-15-4-3-8-22-11-15)13-20(25)23-18-7-9-26-14-19(18)27-17-6-2-5-16(21)10-17/h2-6,8,10-11,18-19H,7,9,12-14H2,1H3,(H,23,25). The van der Waals surface area contributed by atoms with E-state index in [-0.39, 0.29) is 30.4 Å². The number of halogens is 1. The molecule has 1 aliphatic rings. The second kappa shape index (κ2) is 9.43. The molecular weight excluding hydrogens is 349 g/mol. The average Bonchev–Trinajstić information content (AvgIpc) is 2.64. The van der Waals surface area contributed by atoms with E-state index in [1.165, 1.54) is 12.1 Å². The predicted octanol–water partition coefficient (Wildman–Crippen LogP) is 2.01. The molecule has 1 N–H and O–H groups in total. The highest BCUT2D eigenvalue weighted by Gasteiger charge is 2.29. The van der Waals surface area contributed by atoms with Crippen molar-refractivity contribution in [1.29, 1.82) is 0 Å². The van der Waals surface area contributed by atoms with Crippen LogP contribution in [-0.4, -0.2) is 54.7 Å². The molecule has 2 aromatic rings. The normalized spacial score (nSPS) is 19.7. The SMILES string of the molecule is CN(CC(=O)NC1CCOCC1Oc1cccc(F)c1)Cc1cccnc1. The van der Waals surface area contributed by atoms with E-state index in [2.05, 4.69) is 10.3 Å². The van der Waals surface area contributed by atoms with Crippen molar-refractivity contribution in [1.82, 2.24) is 15.2 Å². The highest BCUT2D eigenvalue weighted by atomic mass is 19.1. The summed E-state index contributed by atoms with van der Waals surface area (Å²) in [7, 11) is 1.89. The Morgan fingerprint density at radius 2 is 2.30 bits per heavy atom. The molecule has 0 spiro atoms. The van der Waals surface area contributed by atoms with Gasteiger partial charge in [0.15, 0.2) is 0 Å². The number of hydrogen-bond acceptors (Lipinski definition) is 5. The molecule has 27 heavy (non-hydrogen) atoms. The van der Waals surface area contributed by atoms with Gasteiger partial charge >= 0.3 is 0 Å². The quantitative estimate of drug-likeness (QED) is 0.804. The van der Waals surface area contributed by atoms with Crippen LogP contribution in [-0.2, 0) is 16.1 Å². The van der Waals surface area contributed by atoms with Gasteiger partial charge in [0.05, 0.1) is 19.2 Å². The maximum absolute atomic E-state index is 13.4. The Bertz CT molecular complexity index is 744.